The molecule has 17 heavy (non-hydrogen) atoms. The first-order chi connectivity index (χ1) is 7.66. The standard InChI is InChI=1S/C9H11F3N2O2S/c1-2-14-7-4-3-6(9(10,11)12)5-8(7)17(13,15)16/h3-5,14H,2H2,1H3,(H2,13,15,16). The van der Waals surface area contributed by atoms with Gasteiger partial charge in [0.15, 0.2) is 0 Å². The van der Waals surface area contributed by atoms with Crippen molar-refractivity contribution in [3.8, 4) is 0 Å². The maximum atomic E-state index is 12.4. The van der Waals surface area contributed by atoms with Crippen molar-refractivity contribution < 1.29 is 21.6 Å². The largest absolute Gasteiger partial charge is 0.416 e. The predicted octanol–water partition coefficient (Wildman–Crippen LogP) is 1.78. The second-order valence-corrected chi connectivity index (χ2v) is 4.81. The first-order valence-electron chi connectivity index (χ1n) is 4.64. The summed E-state index contributed by atoms with van der Waals surface area (Å²) in [4.78, 5) is -0.561. The molecule has 0 radical (unpaired) electrons. The summed E-state index contributed by atoms with van der Waals surface area (Å²) in [6.07, 6.45) is -4.61. The number of rotatable bonds is 3. The third-order valence-electron chi connectivity index (χ3n) is 1.98. The molecule has 0 aromatic heterocycles. The Bertz CT molecular complexity index is 511. The van der Waals surface area contributed by atoms with Crippen molar-refractivity contribution in [2.24, 2.45) is 5.14 Å². The second-order valence-electron chi connectivity index (χ2n) is 3.28. The molecule has 3 N–H and O–H groups in total. The molecule has 0 saturated heterocycles. The van der Waals surface area contributed by atoms with Gasteiger partial charge in [-0.15, -0.1) is 0 Å². The zero-order chi connectivity index (χ0) is 13.3. The number of anilines is 1. The van der Waals surface area contributed by atoms with Crippen LogP contribution in [0.1, 0.15) is 12.5 Å². The van der Waals surface area contributed by atoms with Crippen LogP contribution in [0.15, 0.2) is 23.1 Å². The molecule has 0 heterocycles. The molecule has 0 amide bonds. The molecule has 1 rings (SSSR count). The first kappa shape index (κ1) is 13.8. The summed E-state index contributed by atoms with van der Waals surface area (Å²) in [6.45, 7) is 2.05. The molecule has 0 saturated carbocycles. The molecular weight excluding hydrogens is 257 g/mol. The van der Waals surface area contributed by atoms with Crippen molar-refractivity contribution in [1.82, 2.24) is 0 Å². The van der Waals surface area contributed by atoms with Crippen LogP contribution in [0.4, 0.5) is 18.9 Å². The SMILES string of the molecule is CCNc1ccc(C(F)(F)F)cc1S(N)(=O)=O. The van der Waals surface area contributed by atoms with Crippen LogP contribution in [0.5, 0.6) is 0 Å². The van der Waals surface area contributed by atoms with Crippen LogP contribution in [0.25, 0.3) is 0 Å². The van der Waals surface area contributed by atoms with E-state index < -0.39 is 26.7 Å². The minimum absolute atomic E-state index is 0.0583. The molecule has 0 aliphatic rings. The van der Waals surface area contributed by atoms with E-state index in [2.05, 4.69) is 5.32 Å². The van der Waals surface area contributed by atoms with Crippen LogP contribution in [0.3, 0.4) is 0 Å². The molecule has 0 spiro atoms. The topological polar surface area (TPSA) is 72.2 Å². The Morgan fingerprint density at radius 1 is 1.35 bits per heavy atom. The van der Waals surface area contributed by atoms with Gasteiger partial charge in [-0.1, -0.05) is 0 Å². The third kappa shape index (κ3) is 3.34. The number of alkyl halides is 3. The number of sulfonamides is 1. The first-order valence-corrected chi connectivity index (χ1v) is 6.19. The summed E-state index contributed by atoms with van der Waals surface area (Å²) in [5.74, 6) is 0. The molecule has 0 aliphatic carbocycles. The smallest absolute Gasteiger partial charge is 0.384 e. The van der Waals surface area contributed by atoms with E-state index in [0.717, 1.165) is 12.1 Å². The summed E-state index contributed by atoms with van der Waals surface area (Å²) in [5, 5.41) is 7.50. The summed E-state index contributed by atoms with van der Waals surface area (Å²) in [7, 11) is -4.20. The lowest BCUT2D eigenvalue weighted by Gasteiger charge is -2.12. The van der Waals surface area contributed by atoms with Crippen LogP contribution >= 0.6 is 0 Å². The van der Waals surface area contributed by atoms with Crippen LogP contribution in [0, 0.1) is 0 Å². The second kappa shape index (κ2) is 4.53. The molecule has 0 atom stereocenters. The van der Waals surface area contributed by atoms with Gasteiger partial charge in [0, 0.05) is 6.54 Å². The Balaban J connectivity index is 3.40. The number of halogens is 3. The van der Waals surface area contributed by atoms with Crippen molar-refractivity contribution in [2.75, 3.05) is 11.9 Å². The van der Waals surface area contributed by atoms with Gasteiger partial charge in [0.25, 0.3) is 0 Å². The Labute approximate surface area is 96.7 Å². The van der Waals surface area contributed by atoms with Gasteiger partial charge >= 0.3 is 6.18 Å². The van der Waals surface area contributed by atoms with Crippen molar-refractivity contribution in [3.05, 3.63) is 23.8 Å². The Kier molecular flexibility index (Phi) is 3.68. The van der Waals surface area contributed by atoms with E-state index in [9.17, 15) is 21.6 Å². The van der Waals surface area contributed by atoms with Crippen molar-refractivity contribution in [2.45, 2.75) is 18.0 Å². The molecular formula is C9H11F3N2O2S. The summed E-state index contributed by atoms with van der Waals surface area (Å²) >= 11 is 0. The van der Waals surface area contributed by atoms with Gasteiger partial charge < -0.3 is 5.32 Å². The fraction of sp³-hybridized carbons (Fsp3) is 0.333. The van der Waals surface area contributed by atoms with Crippen molar-refractivity contribution in [3.63, 3.8) is 0 Å². The summed E-state index contributed by atoms with van der Waals surface area (Å²) < 4.78 is 59.6. The highest BCUT2D eigenvalue weighted by Gasteiger charge is 2.32. The maximum absolute atomic E-state index is 12.4. The highest BCUT2D eigenvalue weighted by atomic mass is 32.2. The lowest BCUT2D eigenvalue weighted by molar-refractivity contribution is -0.137. The van der Waals surface area contributed by atoms with Gasteiger partial charge in [0.05, 0.1) is 11.3 Å². The average Bonchev–Trinajstić information content (AvgIpc) is 2.15. The number of hydrogen-bond donors (Lipinski definition) is 2. The fourth-order valence-corrected chi connectivity index (χ4v) is 2.01. The van der Waals surface area contributed by atoms with Gasteiger partial charge in [0.1, 0.15) is 4.90 Å². The number of nitrogens with one attached hydrogen (secondary N) is 1. The highest BCUT2D eigenvalue weighted by molar-refractivity contribution is 7.89. The Morgan fingerprint density at radius 3 is 2.35 bits per heavy atom. The Morgan fingerprint density at radius 2 is 1.94 bits per heavy atom. The molecule has 4 nitrogen and oxygen atoms in total. The van der Waals surface area contributed by atoms with Gasteiger partial charge in [-0.25, -0.2) is 13.6 Å². The predicted molar refractivity (Wildman–Crippen MR) is 57.0 cm³/mol. The molecule has 0 bridgehead atoms. The van der Waals surface area contributed by atoms with E-state index in [1.54, 1.807) is 6.92 Å². The number of benzene rings is 1. The molecule has 96 valence electrons. The molecule has 8 heteroatoms. The zero-order valence-electron chi connectivity index (χ0n) is 8.88. The number of hydrogen-bond acceptors (Lipinski definition) is 3. The van der Waals surface area contributed by atoms with E-state index in [1.165, 1.54) is 0 Å². The molecule has 1 aromatic rings. The van der Waals surface area contributed by atoms with E-state index in [1.807, 2.05) is 0 Å². The summed E-state index contributed by atoms with van der Waals surface area (Å²) in [6, 6.07) is 2.37. The van der Waals surface area contributed by atoms with E-state index in [4.69, 9.17) is 5.14 Å². The van der Waals surface area contributed by atoms with Crippen LogP contribution < -0.4 is 10.5 Å². The molecule has 1 aromatic carbocycles. The lowest BCUT2D eigenvalue weighted by Crippen LogP contribution is -2.17. The van der Waals surface area contributed by atoms with Gasteiger partial charge in [-0.05, 0) is 25.1 Å². The number of primary sulfonamides is 1. The monoisotopic (exact) mass is 268 g/mol. The zero-order valence-corrected chi connectivity index (χ0v) is 9.69. The minimum Gasteiger partial charge on any atom is -0.384 e. The van der Waals surface area contributed by atoms with Gasteiger partial charge in [-0.2, -0.15) is 13.2 Å². The Hall–Kier alpha value is -1.28. The molecule has 0 unspecified atom stereocenters. The van der Waals surface area contributed by atoms with Crippen LogP contribution in [-0.2, 0) is 16.2 Å². The highest BCUT2D eigenvalue weighted by Crippen LogP contribution is 2.33. The van der Waals surface area contributed by atoms with Crippen LogP contribution in [0.2, 0.25) is 0 Å². The van der Waals surface area contributed by atoms with E-state index >= 15 is 0 Å². The average molecular weight is 268 g/mol. The quantitative estimate of drug-likeness (QED) is 0.877. The minimum atomic E-state index is -4.61. The van der Waals surface area contributed by atoms with Crippen LogP contribution in [-0.4, -0.2) is 15.0 Å². The molecule has 0 fully saturated rings. The van der Waals surface area contributed by atoms with E-state index in [-0.39, 0.29) is 5.69 Å². The van der Waals surface area contributed by atoms with Gasteiger partial charge in [0.2, 0.25) is 10.0 Å². The molecule has 0 aliphatic heterocycles. The van der Waals surface area contributed by atoms with Gasteiger partial charge in [-0.3, -0.25) is 0 Å². The number of nitrogens with two attached hydrogens (primary N) is 1. The summed E-state index contributed by atoms with van der Waals surface area (Å²) in [5.41, 5.74) is -0.994. The maximum Gasteiger partial charge on any atom is 0.416 e. The van der Waals surface area contributed by atoms with Crippen molar-refractivity contribution >= 4 is 15.7 Å². The van der Waals surface area contributed by atoms with E-state index in [0.29, 0.717) is 12.6 Å². The van der Waals surface area contributed by atoms with Crippen molar-refractivity contribution in [1.29, 1.82) is 0 Å². The fourth-order valence-electron chi connectivity index (χ4n) is 1.27. The normalized spacial score (nSPS) is 12.5. The third-order valence-corrected chi connectivity index (χ3v) is 2.93. The lowest BCUT2D eigenvalue weighted by atomic mass is 10.2.